The minimum Gasteiger partial charge on any atom is -0.325 e. The predicted molar refractivity (Wildman–Crippen MR) is 80.0 cm³/mol. The molecule has 0 spiro atoms. The van der Waals surface area contributed by atoms with Gasteiger partial charge >= 0.3 is 6.18 Å². The smallest absolute Gasteiger partial charge is 0.325 e. The van der Waals surface area contributed by atoms with Crippen LogP contribution in [0.1, 0.15) is 11.3 Å². The fourth-order valence-corrected chi connectivity index (χ4v) is 2.45. The Bertz CT molecular complexity index is 872. The topological polar surface area (TPSA) is 38.9 Å². The zero-order valence-electron chi connectivity index (χ0n) is 11.9. The van der Waals surface area contributed by atoms with E-state index in [1.54, 1.807) is 18.2 Å². The number of nitrogens with two attached hydrogens (primary N) is 1. The molecule has 2 N–H and O–H groups in total. The summed E-state index contributed by atoms with van der Waals surface area (Å²) < 4.78 is 52.3. The van der Waals surface area contributed by atoms with Gasteiger partial charge in [-0.25, -0.2) is 4.39 Å². The normalized spacial score (nSPS) is 11.9. The van der Waals surface area contributed by atoms with Crippen LogP contribution in [0.25, 0.3) is 22.0 Å². The Hall–Kier alpha value is -2.47. The Kier molecular flexibility index (Phi) is 3.77. The molecular formula is C17H12F4N2. The third kappa shape index (κ3) is 2.90. The molecule has 0 bridgehead atoms. The first-order chi connectivity index (χ1) is 10.9. The van der Waals surface area contributed by atoms with Gasteiger partial charge in [-0.2, -0.15) is 13.2 Å². The minimum atomic E-state index is -4.59. The molecule has 0 saturated carbocycles. The summed E-state index contributed by atoms with van der Waals surface area (Å²) in [5.74, 6) is -0.966. The van der Waals surface area contributed by atoms with Crippen molar-refractivity contribution >= 4 is 10.8 Å². The highest BCUT2D eigenvalue weighted by Crippen LogP contribution is 2.34. The molecule has 0 aliphatic rings. The van der Waals surface area contributed by atoms with E-state index in [-0.39, 0.29) is 17.8 Å². The quantitative estimate of drug-likeness (QED) is 0.705. The fourth-order valence-electron chi connectivity index (χ4n) is 2.45. The van der Waals surface area contributed by atoms with Crippen LogP contribution >= 0.6 is 0 Å². The molecule has 3 rings (SSSR count). The SMILES string of the molecule is NCc1cc2ccccc2c(-c2ccc(C(F)(F)F)cc2F)n1. The molecular weight excluding hydrogens is 308 g/mol. The third-order valence-corrected chi connectivity index (χ3v) is 3.55. The highest BCUT2D eigenvalue weighted by molar-refractivity contribution is 5.95. The summed E-state index contributed by atoms with van der Waals surface area (Å²) in [5.41, 5.74) is 5.42. The van der Waals surface area contributed by atoms with Crippen LogP contribution in [0.15, 0.2) is 48.5 Å². The first kappa shape index (κ1) is 15.4. The molecule has 0 radical (unpaired) electrons. The van der Waals surface area contributed by atoms with E-state index in [1.807, 2.05) is 12.1 Å². The number of hydrogen-bond donors (Lipinski definition) is 1. The Morgan fingerprint density at radius 1 is 1.00 bits per heavy atom. The average Bonchev–Trinajstić information content (AvgIpc) is 2.53. The van der Waals surface area contributed by atoms with Crippen molar-refractivity contribution in [2.45, 2.75) is 12.7 Å². The number of rotatable bonds is 2. The number of aromatic nitrogens is 1. The van der Waals surface area contributed by atoms with Gasteiger partial charge in [-0.05, 0) is 29.7 Å². The maximum Gasteiger partial charge on any atom is 0.416 e. The standard InChI is InChI=1S/C17H12F4N2/c18-15-8-11(17(19,20)21)5-6-14(15)16-13-4-2-1-3-10(13)7-12(9-22)23-16/h1-8H,9,22H2. The molecule has 3 aromatic rings. The summed E-state index contributed by atoms with van der Waals surface area (Å²) in [6.07, 6.45) is -4.59. The van der Waals surface area contributed by atoms with Crippen LogP contribution in [0.5, 0.6) is 0 Å². The Labute approximate surface area is 129 Å². The van der Waals surface area contributed by atoms with Gasteiger partial charge in [0.15, 0.2) is 0 Å². The lowest BCUT2D eigenvalue weighted by molar-refractivity contribution is -0.137. The summed E-state index contributed by atoms with van der Waals surface area (Å²) >= 11 is 0. The second-order valence-electron chi connectivity index (χ2n) is 5.08. The van der Waals surface area contributed by atoms with E-state index in [9.17, 15) is 17.6 Å². The van der Waals surface area contributed by atoms with Crippen LogP contribution < -0.4 is 5.73 Å². The first-order valence-corrected chi connectivity index (χ1v) is 6.86. The molecule has 1 aromatic heterocycles. The molecule has 0 unspecified atom stereocenters. The number of benzene rings is 2. The zero-order chi connectivity index (χ0) is 16.6. The number of nitrogens with zero attached hydrogens (tertiary/aromatic N) is 1. The van der Waals surface area contributed by atoms with Crippen molar-refractivity contribution in [3.63, 3.8) is 0 Å². The molecule has 6 heteroatoms. The van der Waals surface area contributed by atoms with E-state index in [0.29, 0.717) is 17.1 Å². The molecule has 23 heavy (non-hydrogen) atoms. The monoisotopic (exact) mass is 320 g/mol. The molecule has 0 amide bonds. The summed E-state index contributed by atoms with van der Waals surface area (Å²) in [5, 5.41) is 1.46. The number of pyridine rings is 1. The van der Waals surface area contributed by atoms with Crippen molar-refractivity contribution in [2.24, 2.45) is 5.73 Å². The fraction of sp³-hybridized carbons (Fsp3) is 0.118. The molecule has 0 saturated heterocycles. The molecule has 2 aromatic carbocycles. The zero-order valence-corrected chi connectivity index (χ0v) is 11.9. The summed E-state index contributed by atoms with van der Waals surface area (Å²) in [7, 11) is 0. The van der Waals surface area contributed by atoms with Crippen molar-refractivity contribution in [2.75, 3.05) is 0 Å². The lowest BCUT2D eigenvalue weighted by Gasteiger charge is -2.12. The Morgan fingerprint density at radius 2 is 1.74 bits per heavy atom. The van der Waals surface area contributed by atoms with Crippen LogP contribution in [0.4, 0.5) is 17.6 Å². The van der Waals surface area contributed by atoms with Gasteiger partial charge < -0.3 is 5.73 Å². The molecule has 118 valence electrons. The van der Waals surface area contributed by atoms with Gasteiger partial charge in [0.1, 0.15) is 5.82 Å². The third-order valence-electron chi connectivity index (χ3n) is 3.55. The number of halogens is 4. The van der Waals surface area contributed by atoms with Crippen molar-refractivity contribution in [3.8, 4) is 11.3 Å². The van der Waals surface area contributed by atoms with Crippen molar-refractivity contribution < 1.29 is 17.6 Å². The van der Waals surface area contributed by atoms with Crippen LogP contribution in [0, 0.1) is 5.82 Å². The van der Waals surface area contributed by atoms with E-state index in [2.05, 4.69) is 4.98 Å². The average molecular weight is 320 g/mol. The molecule has 0 aliphatic carbocycles. The number of fused-ring (bicyclic) bond motifs is 1. The maximum absolute atomic E-state index is 14.3. The molecule has 0 fully saturated rings. The van der Waals surface area contributed by atoms with Gasteiger partial charge in [0.05, 0.1) is 17.0 Å². The molecule has 2 nitrogen and oxygen atoms in total. The van der Waals surface area contributed by atoms with Gasteiger partial charge in [-0.15, -0.1) is 0 Å². The highest BCUT2D eigenvalue weighted by Gasteiger charge is 2.31. The largest absolute Gasteiger partial charge is 0.416 e. The van der Waals surface area contributed by atoms with Gasteiger partial charge in [0, 0.05) is 17.5 Å². The summed E-state index contributed by atoms with van der Waals surface area (Å²) in [6, 6.07) is 11.4. The maximum atomic E-state index is 14.3. The number of alkyl halides is 3. The van der Waals surface area contributed by atoms with Crippen LogP contribution in [0.2, 0.25) is 0 Å². The van der Waals surface area contributed by atoms with Crippen LogP contribution in [0.3, 0.4) is 0 Å². The van der Waals surface area contributed by atoms with Gasteiger partial charge in [-0.1, -0.05) is 24.3 Å². The summed E-state index contributed by atoms with van der Waals surface area (Å²) in [6.45, 7) is 0.153. The van der Waals surface area contributed by atoms with Crippen molar-refractivity contribution in [3.05, 3.63) is 65.6 Å². The van der Waals surface area contributed by atoms with E-state index in [0.717, 1.165) is 17.5 Å². The van der Waals surface area contributed by atoms with E-state index in [4.69, 9.17) is 5.73 Å². The van der Waals surface area contributed by atoms with E-state index in [1.165, 1.54) is 0 Å². The second-order valence-corrected chi connectivity index (χ2v) is 5.08. The Balaban J connectivity index is 2.24. The van der Waals surface area contributed by atoms with E-state index < -0.39 is 17.6 Å². The Morgan fingerprint density at radius 3 is 2.39 bits per heavy atom. The lowest BCUT2D eigenvalue weighted by atomic mass is 10.0. The number of hydrogen-bond acceptors (Lipinski definition) is 2. The van der Waals surface area contributed by atoms with Gasteiger partial charge in [0.25, 0.3) is 0 Å². The summed E-state index contributed by atoms with van der Waals surface area (Å²) in [4.78, 5) is 4.30. The predicted octanol–water partition coefficient (Wildman–Crippen LogP) is 4.52. The first-order valence-electron chi connectivity index (χ1n) is 6.86. The van der Waals surface area contributed by atoms with Crippen LogP contribution in [-0.4, -0.2) is 4.98 Å². The second kappa shape index (κ2) is 5.62. The van der Waals surface area contributed by atoms with Crippen molar-refractivity contribution in [1.82, 2.24) is 4.98 Å². The van der Waals surface area contributed by atoms with Gasteiger partial charge in [0.2, 0.25) is 0 Å². The van der Waals surface area contributed by atoms with Gasteiger partial charge in [-0.3, -0.25) is 4.98 Å². The molecule has 1 heterocycles. The highest BCUT2D eigenvalue weighted by atomic mass is 19.4. The minimum absolute atomic E-state index is 0.0181. The molecule has 0 aliphatic heterocycles. The van der Waals surface area contributed by atoms with E-state index >= 15 is 0 Å². The molecule has 0 atom stereocenters. The van der Waals surface area contributed by atoms with Crippen LogP contribution in [-0.2, 0) is 12.7 Å². The van der Waals surface area contributed by atoms with Crippen molar-refractivity contribution in [1.29, 1.82) is 0 Å². The lowest BCUT2D eigenvalue weighted by Crippen LogP contribution is -2.06.